The van der Waals surface area contributed by atoms with Gasteiger partial charge in [-0.3, -0.25) is 9.36 Å². The van der Waals surface area contributed by atoms with Crippen molar-refractivity contribution < 1.29 is 4.42 Å². The van der Waals surface area contributed by atoms with Crippen LogP contribution in [0.25, 0.3) is 10.2 Å². The van der Waals surface area contributed by atoms with Crippen LogP contribution < -0.4 is 5.56 Å². The van der Waals surface area contributed by atoms with Gasteiger partial charge in [-0.2, -0.15) is 0 Å². The van der Waals surface area contributed by atoms with Gasteiger partial charge in [-0.15, -0.1) is 11.3 Å². The molecule has 0 aromatic carbocycles. The van der Waals surface area contributed by atoms with E-state index in [2.05, 4.69) is 4.98 Å². The smallest absolute Gasteiger partial charge is 0.263 e. The number of thiophene rings is 1. The predicted octanol–water partition coefficient (Wildman–Crippen LogP) is 3.07. The largest absolute Gasteiger partial charge is 0.467 e. The third-order valence-electron chi connectivity index (χ3n) is 2.69. The van der Waals surface area contributed by atoms with Crippen LogP contribution in [0.4, 0.5) is 0 Å². The third kappa shape index (κ3) is 1.83. The Morgan fingerprint density at radius 3 is 3.11 bits per heavy atom. The Kier molecular flexibility index (Phi) is 2.68. The number of H-pyrrole nitrogens is 1. The van der Waals surface area contributed by atoms with Gasteiger partial charge in [0.2, 0.25) is 0 Å². The number of aromatic nitrogens is 2. The van der Waals surface area contributed by atoms with Crippen molar-refractivity contribution in [2.24, 2.45) is 0 Å². The van der Waals surface area contributed by atoms with Gasteiger partial charge in [0.25, 0.3) is 5.56 Å². The molecule has 0 saturated heterocycles. The van der Waals surface area contributed by atoms with Gasteiger partial charge in [0.15, 0.2) is 4.77 Å². The van der Waals surface area contributed by atoms with E-state index in [-0.39, 0.29) is 5.56 Å². The highest BCUT2D eigenvalue weighted by Gasteiger charge is 2.09. The van der Waals surface area contributed by atoms with Gasteiger partial charge < -0.3 is 9.40 Å². The maximum atomic E-state index is 12.3. The highest BCUT2D eigenvalue weighted by atomic mass is 32.1. The molecule has 0 aliphatic carbocycles. The number of hydrogen-bond donors (Lipinski definition) is 1. The molecule has 1 N–H and O–H groups in total. The van der Waals surface area contributed by atoms with Gasteiger partial charge in [0, 0.05) is 4.88 Å². The summed E-state index contributed by atoms with van der Waals surface area (Å²) >= 11 is 6.76. The number of hydrogen-bond acceptors (Lipinski definition) is 4. The van der Waals surface area contributed by atoms with E-state index >= 15 is 0 Å². The standard InChI is InChI=1S/C12H10N2O2S2/c1-7-5-9-10(18-7)13-12(17)14(11(9)15)6-8-3-2-4-16-8/h2-5H,6H2,1H3,(H,13,17). The van der Waals surface area contributed by atoms with Crippen molar-refractivity contribution >= 4 is 33.8 Å². The quantitative estimate of drug-likeness (QED) is 0.733. The SMILES string of the molecule is Cc1cc2c(=O)n(Cc3ccco3)c(=S)[nH]c2s1. The molecule has 3 rings (SSSR count). The van der Waals surface area contributed by atoms with E-state index in [1.807, 2.05) is 19.1 Å². The Bertz CT molecular complexity index is 809. The third-order valence-corrected chi connectivity index (χ3v) is 3.98. The molecule has 0 aliphatic heterocycles. The summed E-state index contributed by atoms with van der Waals surface area (Å²) in [7, 11) is 0. The van der Waals surface area contributed by atoms with Crippen LogP contribution in [0.5, 0.6) is 0 Å². The zero-order chi connectivity index (χ0) is 12.7. The monoisotopic (exact) mass is 278 g/mol. The van der Waals surface area contributed by atoms with Crippen molar-refractivity contribution in [2.75, 3.05) is 0 Å². The van der Waals surface area contributed by atoms with Crippen LogP contribution >= 0.6 is 23.6 Å². The van der Waals surface area contributed by atoms with Crippen molar-refractivity contribution in [1.82, 2.24) is 9.55 Å². The number of fused-ring (bicyclic) bond motifs is 1. The normalized spacial score (nSPS) is 11.2. The molecule has 0 radical (unpaired) electrons. The van der Waals surface area contributed by atoms with E-state index in [1.54, 1.807) is 12.3 Å². The average molecular weight is 278 g/mol. The Balaban J connectivity index is 2.23. The van der Waals surface area contributed by atoms with Crippen LogP contribution in [0.2, 0.25) is 0 Å². The first-order valence-electron chi connectivity index (χ1n) is 5.41. The minimum atomic E-state index is -0.0745. The number of nitrogens with one attached hydrogen (secondary N) is 1. The Morgan fingerprint density at radius 2 is 2.39 bits per heavy atom. The lowest BCUT2D eigenvalue weighted by molar-refractivity contribution is 0.487. The summed E-state index contributed by atoms with van der Waals surface area (Å²) in [6, 6.07) is 5.50. The fraction of sp³-hybridized carbons (Fsp3) is 0.167. The molecule has 6 heteroatoms. The Labute approximate surface area is 112 Å². The molecule has 0 saturated carbocycles. The first kappa shape index (κ1) is 11.4. The molecule has 3 aromatic heterocycles. The van der Waals surface area contributed by atoms with Gasteiger partial charge in [-0.1, -0.05) is 0 Å². The topological polar surface area (TPSA) is 50.9 Å². The van der Waals surface area contributed by atoms with E-state index in [9.17, 15) is 4.79 Å². The number of nitrogens with zero attached hydrogens (tertiary/aromatic N) is 1. The van der Waals surface area contributed by atoms with Gasteiger partial charge in [0.05, 0.1) is 18.2 Å². The lowest BCUT2D eigenvalue weighted by atomic mass is 10.3. The number of rotatable bonds is 2. The summed E-state index contributed by atoms with van der Waals surface area (Å²) in [4.78, 5) is 17.3. The van der Waals surface area contributed by atoms with Gasteiger partial charge in [-0.25, -0.2) is 0 Å². The Morgan fingerprint density at radius 1 is 1.56 bits per heavy atom. The summed E-state index contributed by atoms with van der Waals surface area (Å²) in [6.45, 7) is 2.32. The minimum Gasteiger partial charge on any atom is -0.467 e. The van der Waals surface area contributed by atoms with E-state index in [0.717, 1.165) is 9.71 Å². The van der Waals surface area contributed by atoms with Gasteiger partial charge in [0.1, 0.15) is 10.6 Å². The Hall–Kier alpha value is -1.66. The van der Waals surface area contributed by atoms with Gasteiger partial charge in [-0.05, 0) is 37.3 Å². The summed E-state index contributed by atoms with van der Waals surface area (Å²) in [5.41, 5.74) is -0.0745. The van der Waals surface area contributed by atoms with E-state index in [1.165, 1.54) is 15.9 Å². The fourth-order valence-corrected chi connectivity index (χ4v) is 3.09. The molecule has 0 spiro atoms. The highest BCUT2D eigenvalue weighted by molar-refractivity contribution is 7.71. The molecule has 0 amide bonds. The molecule has 3 heterocycles. The minimum absolute atomic E-state index is 0.0745. The molecule has 0 bridgehead atoms. The second kappa shape index (κ2) is 4.22. The number of aromatic amines is 1. The van der Waals surface area contributed by atoms with Crippen molar-refractivity contribution in [1.29, 1.82) is 0 Å². The lowest BCUT2D eigenvalue weighted by Crippen LogP contribution is -2.21. The highest BCUT2D eigenvalue weighted by Crippen LogP contribution is 2.20. The van der Waals surface area contributed by atoms with Crippen molar-refractivity contribution in [3.63, 3.8) is 0 Å². The zero-order valence-corrected chi connectivity index (χ0v) is 11.2. The number of aryl methyl sites for hydroxylation is 1. The molecule has 0 fully saturated rings. The van der Waals surface area contributed by atoms with E-state index in [4.69, 9.17) is 16.6 Å². The summed E-state index contributed by atoms with van der Waals surface area (Å²) in [5, 5.41) is 0.678. The first-order chi connectivity index (χ1) is 8.65. The van der Waals surface area contributed by atoms with E-state index < -0.39 is 0 Å². The molecule has 0 unspecified atom stereocenters. The number of furan rings is 1. The van der Waals surface area contributed by atoms with Crippen molar-refractivity contribution in [2.45, 2.75) is 13.5 Å². The van der Waals surface area contributed by atoms with Crippen molar-refractivity contribution in [3.8, 4) is 0 Å². The molecular formula is C12H10N2O2S2. The molecule has 0 atom stereocenters. The average Bonchev–Trinajstić information content (AvgIpc) is 2.93. The second-order valence-corrected chi connectivity index (χ2v) is 5.64. The summed E-state index contributed by atoms with van der Waals surface area (Å²) in [5.74, 6) is 0.711. The maximum absolute atomic E-state index is 12.3. The van der Waals surface area contributed by atoms with Crippen LogP contribution in [0.15, 0.2) is 33.7 Å². The van der Waals surface area contributed by atoms with Crippen LogP contribution in [0.3, 0.4) is 0 Å². The molecule has 92 valence electrons. The van der Waals surface area contributed by atoms with Crippen LogP contribution in [0, 0.1) is 11.7 Å². The second-order valence-electron chi connectivity index (χ2n) is 4.00. The molecule has 18 heavy (non-hydrogen) atoms. The lowest BCUT2D eigenvalue weighted by Gasteiger charge is -2.03. The van der Waals surface area contributed by atoms with E-state index in [0.29, 0.717) is 22.5 Å². The fourth-order valence-electron chi connectivity index (χ4n) is 1.87. The molecule has 3 aromatic rings. The van der Waals surface area contributed by atoms with Crippen molar-refractivity contribution in [3.05, 3.63) is 50.2 Å². The first-order valence-corrected chi connectivity index (χ1v) is 6.63. The predicted molar refractivity (Wildman–Crippen MR) is 73.8 cm³/mol. The molecular weight excluding hydrogens is 268 g/mol. The molecule has 0 aliphatic rings. The van der Waals surface area contributed by atoms with Crippen LogP contribution in [0.1, 0.15) is 10.6 Å². The maximum Gasteiger partial charge on any atom is 0.263 e. The van der Waals surface area contributed by atoms with Crippen LogP contribution in [-0.2, 0) is 6.54 Å². The summed E-state index contributed by atoms with van der Waals surface area (Å²) < 4.78 is 7.19. The zero-order valence-electron chi connectivity index (χ0n) is 9.60. The molecule has 4 nitrogen and oxygen atoms in total. The van der Waals surface area contributed by atoms with Gasteiger partial charge >= 0.3 is 0 Å². The van der Waals surface area contributed by atoms with Crippen LogP contribution in [-0.4, -0.2) is 9.55 Å². The summed E-state index contributed by atoms with van der Waals surface area (Å²) in [6.07, 6.45) is 1.58.